The average Bonchev–Trinajstić information content (AvgIpc) is 2.04. The van der Waals surface area contributed by atoms with Gasteiger partial charge in [0, 0.05) is 20.0 Å². The summed E-state index contributed by atoms with van der Waals surface area (Å²) in [5.41, 5.74) is 0. The molecule has 1 N–H and O–H groups in total. The van der Waals surface area contributed by atoms with Crippen LogP contribution in [0.3, 0.4) is 0 Å². The lowest BCUT2D eigenvalue weighted by Gasteiger charge is -2.36. The summed E-state index contributed by atoms with van der Waals surface area (Å²) in [6.45, 7) is 3.76. The molecule has 1 atom stereocenters. The molecule has 0 aliphatic carbocycles. The molecule has 1 aliphatic heterocycles. The standard InChI is InChI=1S/C7H12ClNO4/c1-7(8,13-6(10)11)9-2-4-12-5-3-9/h2-5H2,1H3,(H,10,11). The summed E-state index contributed by atoms with van der Waals surface area (Å²) in [6.07, 6.45) is -1.37. The molecule has 13 heavy (non-hydrogen) atoms. The van der Waals surface area contributed by atoms with Crippen LogP contribution in [0.4, 0.5) is 4.79 Å². The van der Waals surface area contributed by atoms with Gasteiger partial charge in [-0.2, -0.15) is 0 Å². The number of hydrogen-bond donors (Lipinski definition) is 1. The minimum Gasteiger partial charge on any atom is -0.450 e. The highest BCUT2D eigenvalue weighted by Crippen LogP contribution is 2.22. The third-order valence-electron chi connectivity index (χ3n) is 1.85. The smallest absolute Gasteiger partial charge is 0.450 e. The topological polar surface area (TPSA) is 59.0 Å². The van der Waals surface area contributed by atoms with Crippen LogP contribution in [-0.2, 0) is 9.47 Å². The van der Waals surface area contributed by atoms with Crippen molar-refractivity contribution in [1.82, 2.24) is 4.90 Å². The van der Waals surface area contributed by atoms with Gasteiger partial charge in [0.15, 0.2) is 0 Å². The Morgan fingerprint density at radius 2 is 2.15 bits per heavy atom. The molecule has 0 bridgehead atoms. The van der Waals surface area contributed by atoms with Gasteiger partial charge in [-0.3, -0.25) is 0 Å². The maximum absolute atomic E-state index is 10.3. The molecule has 0 radical (unpaired) electrons. The third kappa shape index (κ3) is 3.02. The molecule has 0 spiro atoms. The van der Waals surface area contributed by atoms with Crippen molar-refractivity contribution in [2.24, 2.45) is 0 Å². The van der Waals surface area contributed by atoms with Gasteiger partial charge >= 0.3 is 6.16 Å². The fourth-order valence-corrected chi connectivity index (χ4v) is 1.42. The molecule has 6 heteroatoms. The first-order chi connectivity index (χ1) is 6.02. The first-order valence-electron chi connectivity index (χ1n) is 3.96. The monoisotopic (exact) mass is 209 g/mol. The Hall–Kier alpha value is -0.520. The summed E-state index contributed by atoms with van der Waals surface area (Å²) in [6, 6.07) is 0. The normalized spacial score (nSPS) is 23.5. The minimum atomic E-state index is -1.37. The lowest BCUT2D eigenvalue weighted by Crippen LogP contribution is -2.50. The summed E-state index contributed by atoms with van der Waals surface area (Å²) >= 11 is 5.88. The summed E-state index contributed by atoms with van der Waals surface area (Å²) in [5, 5.41) is 7.13. The highest BCUT2D eigenvalue weighted by atomic mass is 35.5. The average molecular weight is 210 g/mol. The Morgan fingerprint density at radius 1 is 1.62 bits per heavy atom. The second kappa shape index (κ2) is 4.13. The van der Waals surface area contributed by atoms with E-state index >= 15 is 0 Å². The van der Waals surface area contributed by atoms with Gasteiger partial charge in [0.1, 0.15) is 0 Å². The lowest BCUT2D eigenvalue weighted by atomic mass is 10.4. The van der Waals surface area contributed by atoms with Crippen LogP contribution in [0.2, 0.25) is 0 Å². The lowest BCUT2D eigenvalue weighted by molar-refractivity contribution is -0.0925. The predicted octanol–water partition coefficient (Wildman–Crippen LogP) is 0.926. The molecule has 0 aromatic heterocycles. The second-order valence-corrected chi connectivity index (χ2v) is 3.54. The molecule has 0 aromatic carbocycles. The van der Waals surface area contributed by atoms with Crippen LogP contribution in [0.1, 0.15) is 6.92 Å². The number of ether oxygens (including phenoxy) is 2. The van der Waals surface area contributed by atoms with Crippen molar-refractivity contribution in [1.29, 1.82) is 0 Å². The number of nitrogens with zero attached hydrogens (tertiary/aromatic N) is 1. The van der Waals surface area contributed by atoms with E-state index in [1.54, 1.807) is 4.90 Å². The number of carbonyl (C=O) groups is 1. The van der Waals surface area contributed by atoms with Crippen molar-refractivity contribution in [2.75, 3.05) is 26.3 Å². The highest BCUT2D eigenvalue weighted by Gasteiger charge is 2.34. The van der Waals surface area contributed by atoms with Crippen molar-refractivity contribution in [3.63, 3.8) is 0 Å². The molecule has 0 amide bonds. The quantitative estimate of drug-likeness (QED) is 0.417. The SMILES string of the molecule is CC(Cl)(OC(=O)O)N1CCOCC1. The highest BCUT2D eigenvalue weighted by molar-refractivity contribution is 6.22. The molecule has 1 rings (SSSR count). The van der Waals surface area contributed by atoms with Gasteiger partial charge in [-0.25, -0.2) is 9.69 Å². The van der Waals surface area contributed by atoms with E-state index in [4.69, 9.17) is 21.4 Å². The summed E-state index contributed by atoms with van der Waals surface area (Å²) in [5.74, 6) is 0. The largest absolute Gasteiger partial charge is 0.508 e. The maximum Gasteiger partial charge on any atom is 0.508 e. The van der Waals surface area contributed by atoms with Crippen LogP contribution in [0.5, 0.6) is 0 Å². The van der Waals surface area contributed by atoms with Crippen LogP contribution < -0.4 is 0 Å². The summed E-state index contributed by atoms with van der Waals surface area (Å²) in [7, 11) is 0. The molecule has 0 saturated carbocycles. The Labute approximate surface area is 81.2 Å². The first kappa shape index (κ1) is 10.6. The van der Waals surface area contributed by atoms with E-state index in [1.807, 2.05) is 0 Å². The van der Waals surface area contributed by atoms with Crippen molar-refractivity contribution in [3.8, 4) is 0 Å². The van der Waals surface area contributed by atoms with E-state index < -0.39 is 11.3 Å². The molecular weight excluding hydrogens is 198 g/mol. The van der Waals surface area contributed by atoms with Crippen LogP contribution >= 0.6 is 11.6 Å². The number of morpholine rings is 1. The molecule has 1 fully saturated rings. The summed E-state index contributed by atoms with van der Waals surface area (Å²) in [4.78, 5) is 12.0. The second-order valence-electron chi connectivity index (χ2n) is 2.84. The molecule has 1 saturated heterocycles. The third-order valence-corrected chi connectivity index (χ3v) is 2.17. The number of carboxylic acid groups (broad SMARTS) is 1. The number of rotatable bonds is 2. The molecule has 0 aromatic rings. The zero-order valence-electron chi connectivity index (χ0n) is 7.33. The molecule has 1 unspecified atom stereocenters. The van der Waals surface area contributed by atoms with E-state index in [2.05, 4.69) is 4.74 Å². The Kier molecular flexibility index (Phi) is 3.35. The Bertz CT molecular complexity index is 191. The molecule has 1 heterocycles. The fourth-order valence-electron chi connectivity index (χ4n) is 1.19. The molecule has 5 nitrogen and oxygen atoms in total. The van der Waals surface area contributed by atoms with Gasteiger partial charge < -0.3 is 14.6 Å². The van der Waals surface area contributed by atoms with Gasteiger partial charge in [0.2, 0.25) is 5.18 Å². The molecular formula is C7H12ClNO4. The summed E-state index contributed by atoms with van der Waals surface area (Å²) < 4.78 is 9.63. The van der Waals surface area contributed by atoms with Gasteiger partial charge in [-0.05, 0) is 0 Å². The zero-order valence-corrected chi connectivity index (χ0v) is 8.08. The van der Waals surface area contributed by atoms with Gasteiger partial charge in [-0.15, -0.1) is 0 Å². The predicted molar refractivity (Wildman–Crippen MR) is 45.8 cm³/mol. The molecule has 1 aliphatic rings. The van der Waals surface area contributed by atoms with Gasteiger partial charge in [0.25, 0.3) is 0 Å². The van der Waals surface area contributed by atoms with E-state index in [1.165, 1.54) is 6.92 Å². The van der Waals surface area contributed by atoms with E-state index in [0.717, 1.165) is 0 Å². The Balaban J connectivity index is 2.50. The Morgan fingerprint density at radius 3 is 2.62 bits per heavy atom. The fraction of sp³-hybridized carbons (Fsp3) is 0.857. The number of hydrogen-bond acceptors (Lipinski definition) is 4. The van der Waals surface area contributed by atoms with Crippen LogP contribution in [0.15, 0.2) is 0 Å². The first-order valence-corrected chi connectivity index (χ1v) is 4.34. The van der Waals surface area contributed by atoms with Crippen LogP contribution in [0, 0.1) is 0 Å². The van der Waals surface area contributed by atoms with Crippen molar-refractivity contribution in [3.05, 3.63) is 0 Å². The van der Waals surface area contributed by atoms with E-state index in [-0.39, 0.29) is 0 Å². The van der Waals surface area contributed by atoms with Crippen LogP contribution in [0.25, 0.3) is 0 Å². The van der Waals surface area contributed by atoms with Crippen molar-refractivity contribution >= 4 is 17.8 Å². The maximum atomic E-state index is 10.3. The van der Waals surface area contributed by atoms with E-state index in [9.17, 15) is 4.79 Å². The van der Waals surface area contributed by atoms with Gasteiger partial charge in [0.05, 0.1) is 13.2 Å². The zero-order chi connectivity index (χ0) is 9.90. The van der Waals surface area contributed by atoms with Crippen LogP contribution in [-0.4, -0.2) is 47.6 Å². The number of halogens is 1. The van der Waals surface area contributed by atoms with Gasteiger partial charge in [-0.1, -0.05) is 11.6 Å². The minimum absolute atomic E-state index is 0.547. The van der Waals surface area contributed by atoms with Crippen molar-refractivity contribution in [2.45, 2.75) is 12.1 Å². The van der Waals surface area contributed by atoms with E-state index in [0.29, 0.717) is 26.3 Å². The van der Waals surface area contributed by atoms with Crippen molar-refractivity contribution < 1.29 is 19.4 Å². The molecule has 76 valence electrons. The number of alkyl halides is 1.